The van der Waals surface area contributed by atoms with Gasteiger partial charge in [-0.3, -0.25) is 9.59 Å². The maximum atomic E-state index is 11.6. The Bertz CT molecular complexity index is 432. The highest BCUT2D eigenvalue weighted by Gasteiger charge is 2.09. The van der Waals surface area contributed by atoms with E-state index < -0.39 is 0 Å². The highest BCUT2D eigenvalue weighted by Crippen LogP contribution is 2.08. The summed E-state index contributed by atoms with van der Waals surface area (Å²) in [5.74, 6) is -0.0262. The molecule has 0 aliphatic rings. The Labute approximate surface area is 120 Å². The fourth-order valence-electron chi connectivity index (χ4n) is 1.75. The van der Waals surface area contributed by atoms with Crippen LogP contribution >= 0.6 is 0 Å². The van der Waals surface area contributed by atoms with Gasteiger partial charge in [-0.25, -0.2) is 0 Å². The Kier molecular flexibility index (Phi) is 6.73. The average Bonchev–Trinajstić information content (AvgIpc) is 2.45. The first kappa shape index (κ1) is 16.2. The summed E-state index contributed by atoms with van der Waals surface area (Å²) in [5, 5.41) is 2.80. The third-order valence-electron chi connectivity index (χ3n) is 3.04. The third-order valence-corrected chi connectivity index (χ3v) is 3.04. The van der Waals surface area contributed by atoms with Gasteiger partial charge in [0.15, 0.2) is 0 Å². The van der Waals surface area contributed by atoms with Gasteiger partial charge in [-0.2, -0.15) is 0 Å². The second-order valence-electron chi connectivity index (χ2n) is 4.96. The molecule has 0 bridgehead atoms. The number of nitrogens with one attached hydrogen (secondary N) is 1. The van der Waals surface area contributed by atoms with Gasteiger partial charge < -0.3 is 16.0 Å². The first-order chi connectivity index (χ1) is 9.50. The Morgan fingerprint density at radius 2 is 1.85 bits per heavy atom. The standard InChI is InChI=1S/C15H23N3O2/c1-18(2)15(20)10-6-9-14(19)17-11-13(16)12-7-4-3-5-8-12/h3-5,7-8,13H,6,9-11,16H2,1-2H3,(H,17,19). The lowest BCUT2D eigenvalue weighted by Gasteiger charge is -2.13. The van der Waals surface area contributed by atoms with Gasteiger partial charge in [0.2, 0.25) is 11.8 Å². The second kappa shape index (κ2) is 8.32. The molecule has 1 rings (SSSR count). The van der Waals surface area contributed by atoms with Crippen molar-refractivity contribution >= 4 is 11.8 Å². The van der Waals surface area contributed by atoms with Gasteiger partial charge in [0.1, 0.15) is 0 Å². The van der Waals surface area contributed by atoms with Crippen molar-refractivity contribution in [2.24, 2.45) is 5.73 Å². The number of carbonyl (C=O) groups is 2. The van der Waals surface area contributed by atoms with Crippen molar-refractivity contribution in [2.45, 2.75) is 25.3 Å². The van der Waals surface area contributed by atoms with Gasteiger partial charge in [-0.15, -0.1) is 0 Å². The summed E-state index contributed by atoms with van der Waals surface area (Å²) in [6.07, 6.45) is 1.30. The summed E-state index contributed by atoms with van der Waals surface area (Å²) in [4.78, 5) is 24.5. The van der Waals surface area contributed by atoms with Gasteiger partial charge in [0, 0.05) is 39.5 Å². The summed E-state index contributed by atoms with van der Waals surface area (Å²) in [7, 11) is 3.42. The minimum atomic E-state index is -0.205. The van der Waals surface area contributed by atoms with E-state index in [4.69, 9.17) is 5.73 Å². The minimum Gasteiger partial charge on any atom is -0.354 e. The molecule has 20 heavy (non-hydrogen) atoms. The molecule has 0 spiro atoms. The van der Waals surface area contributed by atoms with Crippen LogP contribution in [0.1, 0.15) is 30.9 Å². The van der Waals surface area contributed by atoms with Gasteiger partial charge in [-0.05, 0) is 12.0 Å². The third kappa shape index (κ3) is 5.84. The summed E-state index contributed by atoms with van der Waals surface area (Å²) in [6.45, 7) is 0.407. The number of nitrogens with zero attached hydrogens (tertiary/aromatic N) is 1. The Morgan fingerprint density at radius 1 is 1.20 bits per heavy atom. The van der Waals surface area contributed by atoms with Crippen LogP contribution in [-0.2, 0) is 9.59 Å². The molecule has 1 unspecified atom stereocenters. The first-order valence-electron chi connectivity index (χ1n) is 6.78. The lowest BCUT2D eigenvalue weighted by atomic mass is 10.1. The molecule has 110 valence electrons. The van der Waals surface area contributed by atoms with Crippen molar-refractivity contribution in [3.8, 4) is 0 Å². The second-order valence-corrected chi connectivity index (χ2v) is 4.96. The van der Waals surface area contributed by atoms with Crippen molar-refractivity contribution in [1.82, 2.24) is 10.2 Å². The number of carbonyl (C=O) groups excluding carboxylic acids is 2. The van der Waals surface area contributed by atoms with Crippen molar-refractivity contribution < 1.29 is 9.59 Å². The molecule has 1 aromatic carbocycles. The normalized spacial score (nSPS) is 11.8. The van der Waals surface area contributed by atoms with Crippen LogP contribution < -0.4 is 11.1 Å². The predicted molar refractivity (Wildman–Crippen MR) is 78.9 cm³/mol. The van der Waals surface area contributed by atoms with E-state index in [9.17, 15) is 9.59 Å². The molecule has 0 aromatic heterocycles. The monoisotopic (exact) mass is 277 g/mol. The maximum absolute atomic E-state index is 11.6. The van der Waals surface area contributed by atoms with Crippen LogP contribution in [0.4, 0.5) is 0 Å². The van der Waals surface area contributed by atoms with Gasteiger partial charge >= 0.3 is 0 Å². The fraction of sp³-hybridized carbons (Fsp3) is 0.467. The molecular formula is C15H23N3O2. The first-order valence-corrected chi connectivity index (χ1v) is 6.78. The molecule has 0 aliphatic heterocycles. The van der Waals surface area contributed by atoms with Gasteiger partial charge in [0.05, 0.1) is 0 Å². The van der Waals surface area contributed by atoms with Crippen LogP contribution in [-0.4, -0.2) is 37.4 Å². The van der Waals surface area contributed by atoms with E-state index in [1.165, 1.54) is 4.90 Å². The van der Waals surface area contributed by atoms with E-state index in [1.54, 1.807) is 14.1 Å². The van der Waals surface area contributed by atoms with E-state index in [2.05, 4.69) is 5.32 Å². The van der Waals surface area contributed by atoms with E-state index in [0.717, 1.165) is 5.56 Å². The zero-order chi connectivity index (χ0) is 15.0. The van der Waals surface area contributed by atoms with E-state index in [0.29, 0.717) is 25.8 Å². The molecule has 2 amide bonds. The molecule has 0 heterocycles. The number of amides is 2. The number of nitrogens with two attached hydrogens (primary N) is 1. The molecule has 1 atom stereocenters. The largest absolute Gasteiger partial charge is 0.354 e. The van der Waals surface area contributed by atoms with E-state index >= 15 is 0 Å². The Morgan fingerprint density at radius 3 is 2.45 bits per heavy atom. The molecule has 0 fully saturated rings. The number of benzene rings is 1. The highest BCUT2D eigenvalue weighted by molar-refractivity contribution is 5.78. The smallest absolute Gasteiger partial charge is 0.222 e. The molecule has 5 heteroatoms. The van der Waals surface area contributed by atoms with Crippen LogP contribution in [0.15, 0.2) is 30.3 Å². The Balaban J connectivity index is 2.22. The molecule has 0 aliphatic carbocycles. The molecule has 0 radical (unpaired) electrons. The van der Waals surface area contributed by atoms with Crippen LogP contribution in [0.5, 0.6) is 0 Å². The molecular weight excluding hydrogens is 254 g/mol. The molecule has 0 saturated carbocycles. The molecule has 5 nitrogen and oxygen atoms in total. The molecule has 0 saturated heterocycles. The minimum absolute atomic E-state index is 0.0405. The highest BCUT2D eigenvalue weighted by atomic mass is 16.2. The summed E-state index contributed by atoms with van der Waals surface area (Å²) in [5.41, 5.74) is 6.98. The fourth-order valence-corrected chi connectivity index (χ4v) is 1.75. The summed E-state index contributed by atoms with van der Waals surface area (Å²) >= 11 is 0. The van der Waals surface area contributed by atoms with Crippen molar-refractivity contribution in [1.29, 1.82) is 0 Å². The van der Waals surface area contributed by atoms with Crippen LogP contribution in [0, 0.1) is 0 Å². The van der Waals surface area contributed by atoms with E-state index in [1.807, 2.05) is 30.3 Å². The Hall–Kier alpha value is -1.88. The molecule has 1 aromatic rings. The van der Waals surface area contributed by atoms with Gasteiger partial charge in [0.25, 0.3) is 0 Å². The maximum Gasteiger partial charge on any atom is 0.222 e. The van der Waals surface area contributed by atoms with Crippen molar-refractivity contribution in [3.05, 3.63) is 35.9 Å². The lowest BCUT2D eigenvalue weighted by molar-refractivity contribution is -0.129. The topological polar surface area (TPSA) is 75.4 Å². The zero-order valence-electron chi connectivity index (χ0n) is 12.1. The number of hydrogen-bond acceptors (Lipinski definition) is 3. The SMILES string of the molecule is CN(C)C(=O)CCCC(=O)NCC(N)c1ccccc1. The quantitative estimate of drug-likeness (QED) is 0.782. The van der Waals surface area contributed by atoms with Crippen LogP contribution in [0.25, 0.3) is 0 Å². The van der Waals surface area contributed by atoms with Crippen LogP contribution in [0.3, 0.4) is 0 Å². The zero-order valence-corrected chi connectivity index (χ0v) is 12.1. The molecule has 3 N–H and O–H groups in total. The summed E-state index contributed by atoms with van der Waals surface area (Å²) in [6, 6.07) is 9.44. The van der Waals surface area contributed by atoms with Crippen molar-refractivity contribution in [2.75, 3.05) is 20.6 Å². The number of rotatable bonds is 7. The van der Waals surface area contributed by atoms with E-state index in [-0.39, 0.29) is 17.9 Å². The van der Waals surface area contributed by atoms with Crippen LogP contribution in [0.2, 0.25) is 0 Å². The number of hydrogen-bond donors (Lipinski definition) is 2. The lowest BCUT2D eigenvalue weighted by Crippen LogP contribution is -2.32. The average molecular weight is 277 g/mol. The van der Waals surface area contributed by atoms with Crippen molar-refractivity contribution in [3.63, 3.8) is 0 Å². The van der Waals surface area contributed by atoms with Gasteiger partial charge in [-0.1, -0.05) is 30.3 Å². The summed E-state index contributed by atoms with van der Waals surface area (Å²) < 4.78 is 0. The predicted octanol–water partition coefficient (Wildman–Crippen LogP) is 1.06.